The van der Waals surface area contributed by atoms with E-state index in [0.29, 0.717) is 17.8 Å². The summed E-state index contributed by atoms with van der Waals surface area (Å²) in [5.41, 5.74) is 4.90. The number of aryl methyl sites for hydroxylation is 1. The van der Waals surface area contributed by atoms with Crippen LogP contribution in [0.15, 0.2) is 30.5 Å². The molecule has 4 rings (SSSR count). The molecular formula is C23H30N4O2. The number of rotatable bonds is 4. The van der Waals surface area contributed by atoms with E-state index in [0.717, 1.165) is 48.3 Å². The van der Waals surface area contributed by atoms with Crippen LogP contribution in [-0.2, 0) is 10.5 Å². The van der Waals surface area contributed by atoms with Crippen molar-refractivity contribution in [2.75, 3.05) is 18.5 Å². The summed E-state index contributed by atoms with van der Waals surface area (Å²) >= 11 is 0. The molecule has 1 fully saturated rings. The highest BCUT2D eigenvalue weighted by Gasteiger charge is 2.32. The van der Waals surface area contributed by atoms with Gasteiger partial charge in [0.05, 0.1) is 6.61 Å². The summed E-state index contributed by atoms with van der Waals surface area (Å²) in [6.45, 7) is 10.1. The first-order chi connectivity index (χ1) is 13.8. The van der Waals surface area contributed by atoms with Crippen LogP contribution in [0.1, 0.15) is 67.5 Å². The van der Waals surface area contributed by atoms with Gasteiger partial charge >= 0.3 is 0 Å². The van der Waals surface area contributed by atoms with E-state index in [9.17, 15) is 4.79 Å². The van der Waals surface area contributed by atoms with Crippen molar-refractivity contribution < 1.29 is 9.53 Å². The van der Waals surface area contributed by atoms with Crippen molar-refractivity contribution in [3.63, 3.8) is 0 Å². The molecule has 0 radical (unpaired) electrons. The Bertz CT molecular complexity index is 952. The zero-order valence-corrected chi connectivity index (χ0v) is 17.7. The van der Waals surface area contributed by atoms with Crippen LogP contribution in [0.5, 0.6) is 0 Å². The average molecular weight is 395 g/mol. The second-order valence-electron chi connectivity index (χ2n) is 9.04. The van der Waals surface area contributed by atoms with Crippen LogP contribution in [0.25, 0.3) is 5.57 Å². The van der Waals surface area contributed by atoms with E-state index in [1.54, 1.807) is 6.20 Å². The first-order valence-electron chi connectivity index (χ1n) is 10.3. The third kappa shape index (κ3) is 4.14. The molecule has 3 N–H and O–H groups in total. The van der Waals surface area contributed by atoms with Crippen LogP contribution < -0.4 is 10.6 Å². The maximum atomic E-state index is 12.7. The molecule has 1 aromatic heterocycles. The fourth-order valence-electron chi connectivity index (χ4n) is 4.03. The van der Waals surface area contributed by atoms with Crippen molar-refractivity contribution in [2.24, 2.45) is 5.41 Å². The third-order valence-electron chi connectivity index (χ3n) is 6.01. The normalized spacial score (nSPS) is 23.7. The van der Waals surface area contributed by atoms with Gasteiger partial charge in [0.25, 0.3) is 5.91 Å². The van der Waals surface area contributed by atoms with Crippen LogP contribution in [0, 0.1) is 12.3 Å². The van der Waals surface area contributed by atoms with Crippen molar-refractivity contribution in [2.45, 2.75) is 52.7 Å². The Morgan fingerprint density at radius 3 is 2.72 bits per heavy atom. The number of H-pyrrole nitrogens is 1. The second kappa shape index (κ2) is 7.43. The molecule has 0 bridgehead atoms. The minimum absolute atomic E-state index is 0.231. The Kier molecular flexibility index (Phi) is 5.09. The minimum Gasteiger partial charge on any atom is -0.355 e. The molecule has 0 spiro atoms. The van der Waals surface area contributed by atoms with E-state index >= 15 is 0 Å². The molecule has 2 heterocycles. The molecule has 154 valence electrons. The Morgan fingerprint density at radius 1 is 1.28 bits per heavy atom. The Balaban J connectivity index is 1.70. The predicted molar refractivity (Wildman–Crippen MR) is 115 cm³/mol. The summed E-state index contributed by atoms with van der Waals surface area (Å²) in [6, 6.07) is 6.16. The lowest BCUT2D eigenvalue weighted by molar-refractivity contribution is 0.00247. The Labute approximate surface area is 172 Å². The molecule has 6 heteroatoms. The number of amides is 1. The van der Waals surface area contributed by atoms with Gasteiger partial charge in [0, 0.05) is 29.7 Å². The molecule has 1 aliphatic carbocycles. The number of imidazole rings is 1. The lowest BCUT2D eigenvalue weighted by atomic mass is 9.76. The molecule has 1 saturated heterocycles. The molecule has 1 atom stereocenters. The van der Waals surface area contributed by atoms with Crippen LogP contribution in [-0.4, -0.2) is 29.0 Å². The number of hydrogen-bond donors (Lipinski definition) is 3. The van der Waals surface area contributed by atoms with Crippen molar-refractivity contribution in [3.05, 3.63) is 53.1 Å². The number of carbonyl (C=O) groups excluding carboxylic acids is 1. The molecule has 1 aromatic carbocycles. The van der Waals surface area contributed by atoms with Crippen molar-refractivity contribution >= 4 is 17.2 Å². The number of anilines is 1. The topological polar surface area (TPSA) is 79.0 Å². The summed E-state index contributed by atoms with van der Waals surface area (Å²) in [7, 11) is 0. The fourth-order valence-corrected chi connectivity index (χ4v) is 4.03. The molecule has 2 aromatic rings. The second-order valence-corrected chi connectivity index (χ2v) is 9.04. The smallest absolute Gasteiger partial charge is 0.291 e. The minimum atomic E-state index is -0.496. The van der Waals surface area contributed by atoms with Crippen molar-refractivity contribution in [1.29, 1.82) is 0 Å². The zero-order chi connectivity index (χ0) is 20.6. The number of aromatic nitrogens is 2. The molecule has 0 saturated carbocycles. The summed E-state index contributed by atoms with van der Waals surface area (Å²) in [5, 5.41) is 6.49. The first kappa shape index (κ1) is 19.9. The van der Waals surface area contributed by atoms with Gasteiger partial charge in [-0.05, 0) is 61.8 Å². The molecule has 1 unspecified atom stereocenters. The number of benzene rings is 1. The first-order valence-corrected chi connectivity index (χ1v) is 10.3. The SMILES string of the molecule is Cc1cnc(C(=O)Nc2ccc(C3(C)NCCO3)cc2C2=CCC(C)(C)CC2)[nH]1. The molecular weight excluding hydrogens is 364 g/mol. The zero-order valence-electron chi connectivity index (χ0n) is 17.7. The number of allylic oxidation sites excluding steroid dienone is 2. The van der Waals surface area contributed by atoms with Gasteiger partial charge in [0.2, 0.25) is 0 Å². The third-order valence-corrected chi connectivity index (χ3v) is 6.01. The molecule has 6 nitrogen and oxygen atoms in total. The van der Waals surface area contributed by atoms with Gasteiger partial charge in [0.1, 0.15) is 5.72 Å². The lowest BCUT2D eigenvalue weighted by Crippen LogP contribution is -2.34. The van der Waals surface area contributed by atoms with Gasteiger partial charge in [-0.1, -0.05) is 26.0 Å². The van der Waals surface area contributed by atoms with Gasteiger partial charge in [-0.3, -0.25) is 10.1 Å². The number of ether oxygens (including phenoxy) is 1. The van der Waals surface area contributed by atoms with E-state index in [1.165, 1.54) is 5.57 Å². The molecule has 1 aliphatic heterocycles. The fraction of sp³-hybridized carbons (Fsp3) is 0.478. The van der Waals surface area contributed by atoms with E-state index < -0.39 is 5.72 Å². The van der Waals surface area contributed by atoms with E-state index in [1.807, 2.05) is 19.1 Å². The molecule has 29 heavy (non-hydrogen) atoms. The highest BCUT2D eigenvalue weighted by atomic mass is 16.5. The average Bonchev–Trinajstić information content (AvgIpc) is 3.31. The summed E-state index contributed by atoms with van der Waals surface area (Å²) in [4.78, 5) is 19.9. The quantitative estimate of drug-likeness (QED) is 0.720. The van der Waals surface area contributed by atoms with E-state index in [4.69, 9.17) is 4.74 Å². The Hall–Kier alpha value is -2.44. The number of aromatic amines is 1. The number of nitrogens with zero attached hydrogens (tertiary/aromatic N) is 1. The van der Waals surface area contributed by atoms with Crippen LogP contribution in [0.3, 0.4) is 0 Å². The number of nitrogens with one attached hydrogen (secondary N) is 3. The molecule has 1 amide bonds. The largest absolute Gasteiger partial charge is 0.355 e. The van der Waals surface area contributed by atoms with Crippen molar-refractivity contribution in [1.82, 2.24) is 15.3 Å². The van der Waals surface area contributed by atoms with Crippen LogP contribution in [0.4, 0.5) is 5.69 Å². The maximum absolute atomic E-state index is 12.7. The van der Waals surface area contributed by atoms with Gasteiger partial charge < -0.3 is 15.0 Å². The molecule has 2 aliphatic rings. The highest BCUT2D eigenvalue weighted by molar-refractivity contribution is 6.03. The monoisotopic (exact) mass is 394 g/mol. The standard InChI is InChI=1S/C23H30N4O2/c1-15-14-24-20(26-15)21(28)27-19-6-5-17(23(4)25-11-12-29-23)13-18(19)16-7-9-22(2,3)10-8-16/h5-7,13-14,25H,8-12H2,1-4H3,(H,24,26)(H,27,28). The van der Waals surface area contributed by atoms with Gasteiger partial charge in [-0.25, -0.2) is 4.98 Å². The number of carbonyl (C=O) groups is 1. The van der Waals surface area contributed by atoms with Crippen molar-refractivity contribution in [3.8, 4) is 0 Å². The predicted octanol–water partition coefficient (Wildman–Crippen LogP) is 4.36. The van der Waals surface area contributed by atoms with Crippen LogP contribution in [0.2, 0.25) is 0 Å². The van der Waals surface area contributed by atoms with Gasteiger partial charge in [-0.15, -0.1) is 0 Å². The maximum Gasteiger partial charge on any atom is 0.291 e. The van der Waals surface area contributed by atoms with Gasteiger partial charge in [0.15, 0.2) is 5.82 Å². The van der Waals surface area contributed by atoms with Gasteiger partial charge in [-0.2, -0.15) is 0 Å². The Morgan fingerprint density at radius 2 is 2.10 bits per heavy atom. The van der Waals surface area contributed by atoms with E-state index in [-0.39, 0.29) is 5.91 Å². The summed E-state index contributed by atoms with van der Waals surface area (Å²) in [6.07, 6.45) is 7.13. The highest BCUT2D eigenvalue weighted by Crippen LogP contribution is 2.41. The lowest BCUT2D eigenvalue weighted by Gasteiger charge is -2.30. The number of hydrogen-bond acceptors (Lipinski definition) is 4. The summed E-state index contributed by atoms with van der Waals surface area (Å²) < 4.78 is 5.96. The summed E-state index contributed by atoms with van der Waals surface area (Å²) in [5.74, 6) is 0.0920. The van der Waals surface area contributed by atoms with E-state index in [2.05, 4.69) is 53.5 Å². The van der Waals surface area contributed by atoms with Crippen LogP contribution >= 0.6 is 0 Å².